The number of carbonyl (C=O) groups excluding carboxylic acids is 1. The second kappa shape index (κ2) is 11.3. The molecule has 226 valence electrons. The third-order valence-corrected chi connectivity index (χ3v) is 9.02. The van der Waals surface area contributed by atoms with Crippen LogP contribution in [0, 0.1) is 6.92 Å². The minimum absolute atomic E-state index is 0.214. The van der Waals surface area contributed by atoms with E-state index in [9.17, 15) is 18.0 Å². The SMILES string of the molecule is Cc1cnn(C)c1C1CCN(c2nc(C(F)(F)F)cc(N3CC(N4CCN(C(=O)OC(C)(C)C)CC4)C3)c2Br)CC1. The van der Waals surface area contributed by atoms with Crippen LogP contribution in [0.15, 0.2) is 16.7 Å². The van der Waals surface area contributed by atoms with Gasteiger partial charge in [-0.2, -0.15) is 18.3 Å². The van der Waals surface area contributed by atoms with Crippen molar-refractivity contribution in [2.75, 3.05) is 62.2 Å². The molecule has 1 amide bonds. The van der Waals surface area contributed by atoms with Crippen LogP contribution < -0.4 is 9.80 Å². The zero-order valence-electron chi connectivity index (χ0n) is 24.3. The summed E-state index contributed by atoms with van der Waals surface area (Å²) in [6.45, 7) is 12.6. The van der Waals surface area contributed by atoms with Gasteiger partial charge in [0.25, 0.3) is 0 Å². The quantitative estimate of drug-likeness (QED) is 0.464. The maximum Gasteiger partial charge on any atom is 0.433 e. The average molecular weight is 643 g/mol. The van der Waals surface area contributed by atoms with Crippen LogP contribution in [-0.4, -0.2) is 94.7 Å². The van der Waals surface area contributed by atoms with Gasteiger partial charge in [-0.25, -0.2) is 9.78 Å². The van der Waals surface area contributed by atoms with Crippen LogP contribution >= 0.6 is 15.9 Å². The van der Waals surface area contributed by atoms with Gasteiger partial charge in [0.1, 0.15) is 17.1 Å². The summed E-state index contributed by atoms with van der Waals surface area (Å²) in [4.78, 5) is 24.5. The first kappa shape index (κ1) is 29.9. The Bertz CT molecular complexity index is 1240. The number of ether oxygens (including phenoxy) is 1. The lowest BCUT2D eigenvalue weighted by atomic mass is 9.91. The highest BCUT2D eigenvalue weighted by atomic mass is 79.9. The Hall–Kier alpha value is -2.54. The van der Waals surface area contributed by atoms with E-state index in [4.69, 9.17) is 4.74 Å². The molecule has 5 heterocycles. The van der Waals surface area contributed by atoms with Gasteiger partial charge in [0.05, 0.1) is 16.4 Å². The Morgan fingerprint density at radius 1 is 1.02 bits per heavy atom. The first-order valence-electron chi connectivity index (χ1n) is 14.2. The largest absolute Gasteiger partial charge is 0.444 e. The second-order valence-corrected chi connectivity index (χ2v) is 13.1. The summed E-state index contributed by atoms with van der Waals surface area (Å²) in [7, 11) is 1.94. The van der Waals surface area contributed by atoms with Crippen molar-refractivity contribution < 1.29 is 22.7 Å². The molecule has 3 saturated heterocycles. The Morgan fingerprint density at radius 3 is 2.20 bits per heavy atom. The Kier molecular flexibility index (Phi) is 8.23. The molecule has 0 bridgehead atoms. The molecule has 41 heavy (non-hydrogen) atoms. The number of pyridine rings is 1. The second-order valence-electron chi connectivity index (χ2n) is 12.3. The van der Waals surface area contributed by atoms with E-state index in [0.717, 1.165) is 24.5 Å². The van der Waals surface area contributed by atoms with E-state index < -0.39 is 17.5 Å². The monoisotopic (exact) mass is 641 g/mol. The van der Waals surface area contributed by atoms with E-state index in [-0.39, 0.29) is 12.1 Å². The van der Waals surface area contributed by atoms with Gasteiger partial charge in [-0.3, -0.25) is 9.58 Å². The average Bonchev–Trinajstić information content (AvgIpc) is 3.20. The summed E-state index contributed by atoms with van der Waals surface area (Å²) in [6.07, 6.45) is -1.35. The van der Waals surface area contributed by atoms with E-state index in [1.165, 1.54) is 5.69 Å². The van der Waals surface area contributed by atoms with Crippen molar-refractivity contribution in [2.24, 2.45) is 7.05 Å². The highest BCUT2D eigenvalue weighted by Gasteiger charge is 2.40. The highest BCUT2D eigenvalue weighted by Crippen LogP contribution is 2.43. The van der Waals surface area contributed by atoms with Gasteiger partial charge in [-0.1, -0.05) is 0 Å². The third kappa shape index (κ3) is 6.45. The van der Waals surface area contributed by atoms with Gasteiger partial charge in [0, 0.05) is 77.1 Å². The lowest BCUT2D eigenvalue weighted by Gasteiger charge is -2.49. The predicted octanol–water partition coefficient (Wildman–Crippen LogP) is 5.03. The van der Waals surface area contributed by atoms with Gasteiger partial charge in [0.2, 0.25) is 0 Å². The summed E-state index contributed by atoms with van der Waals surface area (Å²) >= 11 is 3.63. The van der Waals surface area contributed by atoms with Crippen LogP contribution in [0.1, 0.15) is 56.5 Å². The fourth-order valence-electron chi connectivity index (χ4n) is 6.07. The fourth-order valence-corrected chi connectivity index (χ4v) is 6.78. The van der Waals surface area contributed by atoms with Crippen molar-refractivity contribution in [3.05, 3.63) is 33.7 Å². The van der Waals surface area contributed by atoms with Gasteiger partial charge in [-0.05, 0) is 68.1 Å². The lowest BCUT2D eigenvalue weighted by molar-refractivity contribution is -0.141. The topological polar surface area (TPSA) is 70.0 Å². The van der Waals surface area contributed by atoms with Gasteiger partial charge >= 0.3 is 12.3 Å². The number of amides is 1. The number of anilines is 2. The molecule has 2 aromatic rings. The minimum Gasteiger partial charge on any atom is -0.444 e. The standard InChI is InChI=1S/C28H39BrF3N7O2/c1-18-15-33-35(5)24(18)19-6-8-37(9-7-19)25-23(29)21(14-22(34-25)28(30,31)32)39-16-20(17-39)36-10-12-38(13-11-36)26(40)41-27(2,3)4/h14-15,19-20H,6-13,16-17H2,1-5H3. The van der Waals surface area contributed by atoms with E-state index in [2.05, 4.69) is 30.9 Å². The molecule has 3 aliphatic rings. The normalized spacial score (nSPS) is 20.0. The summed E-state index contributed by atoms with van der Waals surface area (Å²) in [5, 5.41) is 4.36. The molecule has 3 fully saturated rings. The van der Waals surface area contributed by atoms with Crippen molar-refractivity contribution in [3.63, 3.8) is 0 Å². The molecule has 5 rings (SSSR count). The minimum atomic E-state index is -4.55. The molecule has 0 saturated carbocycles. The van der Waals surface area contributed by atoms with Crippen LogP contribution in [0.4, 0.5) is 29.5 Å². The molecule has 0 aromatic carbocycles. The van der Waals surface area contributed by atoms with E-state index in [1.807, 2.05) is 55.4 Å². The van der Waals surface area contributed by atoms with Crippen molar-refractivity contribution in [2.45, 2.75) is 64.3 Å². The molecule has 2 aromatic heterocycles. The molecular formula is C28H39BrF3N7O2. The number of rotatable bonds is 4. The molecule has 13 heteroatoms. The van der Waals surface area contributed by atoms with Gasteiger partial charge in [-0.15, -0.1) is 0 Å². The van der Waals surface area contributed by atoms with Gasteiger partial charge in [0.15, 0.2) is 0 Å². The molecule has 0 aliphatic carbocycles. The number of aromatic nitrogens is 3. The molecular weight excluding hydrogens is 603 g/mol. The maximum absolute atomic E-state index is 14.0. The number of nitrogens with zero attached hydrogens (tertiary/aromatic N) is 7. The van der Waals surface area contributed by atoms with Crippen LogP contribution in [0.3, 0.4) is 0 Å². The summed E-state index contributed by atoms with van der Waals surface area (Å²) in [5.41, 5.74) is 1.45. The van der Waals surface area contributed by atoms with Gasteiger partial charge < -0.3 is 19.4 Å². The number of alkyl halides is 3. The zero-order valence-corrected chi connectivity index (χ0v) is 25.9. The Labute approximate surface area is 247 Å². The number of hydrogen-bond acceptors (Lipinski definition) is 7. The lowest BCUT2D eigenvalue weighted by Crippen LogP contribution is -2.63. The number of aryl methyl sites for hydroxylation is 2. The molecule has 0 atom stereocenters. The fraction of sp³-hybridized carbons (Fsp3) is 0.679. The van der Waals surface area contributed by atoms with Crippen molar-refractivity contribution in [1.82, 2.24) is 24.6 Å². The summed E-state index contributed by atoms with van der Waals surface area (Å²) in [5.74, 6) is 0.666. The van der Waals surface area contributed by atoms with Crippen LogP contribution in [0.5, 0.6) is 0 Å². The molecule has 0 N–H and O–H groups in total. The van der Waals surface area contributed by atoms with Crippen LogP contribution in [-0.2, 0) is 18.0 Å². The smallest absolute Gasteiger partial charge is 0.433 e. The number of hydrogen-bond donors (Lipinski definition) is 0. The molecule has 9 nitrogen and oxygen atoms in total. The first-order chi connectivity index (χ1) is 19.2. The zero-order chi connectivity index (χ0) is 29.7. The number of carbonyl (C=O) groups is 1. The number of piperazine rings is 1. The van der Waals surface area contributed by atoms with E-state index in [1.54, 1.807) is 4.90 Å². The number of piperidine rings is 1. The molecule has 3 aliphatic heterocycles. The predicted molar refractivity (Wildman–Crippen MR) is 154 cm³/mol. The summed E-state index contributed by atoms with van der Waals surface area (Å²) in [6, 6.07) is 1.38. The van der Waals surface area contributed by atoms with Crippen molar-refractivity contribution >= 4 is 33.5 Å². The highest BCUT2D eigenvalue weighted by molar-refractivity contribution is 9.10. The van der Waals surface area contributed by atoms with Crippen LogP contribution in [0.25, 0.3) is 0 Å². The molecule has 0 unspecified atom stereocenters. The first-order valence-corrected chi connectivity index (χ1v) is 15.0. The summed E-state index contributed by atoms with van der Waals surface area (Å²) < 4.78 is 49.9. The molecule has 0 radical (unpaired) electrons. The molecule has 0 spiro atoms. The Balaban J connectivity index is 1.25. The van der Waals surface area contributed by atoms with E-state index >= 15 is 0 Å². The maximum atomic E-state index is 14.0. The Morgan fingerprint density at radius 2 is 1.66 bits per heavy atom. The van der Waals surface area contributed by atoms with E-state index in [0.29, 0.717) is 74.3 Å². The third-order valence-electron chi connectivity index (χ3n) is 8.26. The van der Waals surface area contributed by atoms with Crippen LogP contribution in [0.2, 0.25) is 0 Å². The number of halogens is 4. The van der Waals surface area contributed by atoms with Crippen molar-refractivity contribution in [3.8, 4) is 0 Å². The van der Waals surface area contributed by atoms with Crippen molar-refractivity contribution in [1.29, 1.82) is 0 Å².